The first kappa shape index (κ1) is 14.3. The zero-order valence-corrected chi connectivity index (χ0v) is 10.4. The van der Waals surface area contributed by atoms with Gasteiger partial charge in [0.25, 0.3) is 0 Å². The van der Waals surface area contributed by atoms with Gasteiger partial charge in [-0.3, -0.25) is 0 Å². The predicted molar refractivity (Wildman–Crippen MR) is 62.0 cm³/mol. The SMILES string of the molecule is C=C(C)CN(C/C=C/C)S(=O)(=O)COC. The van der Waals surface area contributed by atoms with Gasteiger partial charge in [-0.2, -0.15) is 4.31 Å². The highest BCUT2D eigenvalue weighted by atomic mass is 32.2. The normalized spacial score (nSPS) is 12.5. The Morgan fingerprint density at radius 1 is 1.53 bits per heavy atom. The molecule has 0 aliphatic rings. The largest absolute Gasteiger partial charge is 0.367 e. The van der Waals surface area contributed by atoms with Crippen LogP contribution in [-0.2, 0) is 14.8 Å². The Morgan fingerprint density at radius 2 is 2.13 bits per heavy atom. The molecule has 0 aromatic carbocycles. The third-order valence-electron chi connectivity index (χ3n) is 1.65. The predicted octanol–water partition coefficient (Wildman–Crippen LogP) is 1.37. The minimum atomic E-state index is -3.34. The monoisotopic (exact) mass is 233 g/mol. The highest BCUT2D eigenvalue weighted by Gasteiger charge is 2.20. The zero-order valence-electron chi connectivity index (χ0n) is 9.56. The molecule has 0 atom stereocenters. The van der Waals surface area contributed by atoms with Crippen molar-refractivity contribution in [3.05, 3.63) is 24.3 Å². The van der Waals surface area contributed by atoms with E-state index in [2.05, 4.69) is 11.3 Å². The van der Waals surface area contributed by atoms with Crippen molar-refractivity contribution in [2.24, 2.45) is 0 Å². The number of allylic oxidation sites excluding steroid dienone is 1. The fraction of sp³-hybridized carbons (Fsp3) is 0.600. The summed E-state index contributed by atoms with van der Waals surface area (Å²) in [7, 11) is -1.97. The lowest BCUT2D eigenvalue weighted by Gasteiger charge is -2.20. The topological polar surface area (TPSA) is 46.6 Å². The fourth-order valence-electron chi connectivity index (χ4n) is 1.02. The van der Waals surface area contributed by atoms with E-state index in [1.54, 1.807) is 13.0 Å². The first-order valence-electron chi connectivity index (χ1n) is 4.66. The van der Waals surface area contributed by atoms with Crippen molar-refractivity contribution in [2.45, 2.75) is 13.8 Å². The van der Waals surface area contributed by atoms with E-state index in [0.29, 0.717) is 13.1 Å². The molecule has 0 saturated heterocycles. The van der Waals surface area contributed by atoms with Crippen molar-refractivity contribution in [2.75, 3.05) is 26.1 Å². The van der Waals surface area contributed by atoms with Crippen LogP contribution in [0.5, 0.6) is 0 Å². The molecule has 88 valence electrons. The van der Waals surface area contributed by atoms with Crippen LogP contribution in [-0.4, -0.2) is 38.9 Å². The van der Waals surface area contributed by atoms with Crippen LogP contribution in [0.15, 0.2) is 24.3 Å². The van der Waals surface area contributed by atoms with Gasteiger partial charge in [0.1, 0.15) is 0 Å². The number of hydrogen-bond acceptors (Lipinski definition) is 3. The van der Waals surface area contributed by atoms with Crippen molar-refractivity contribution in [1.29, 1.82) is 0 Å². The van der Waals surface area contributed by atoms with Gasteiger partial charge in [0.15, 0.2) is 5.94 Å². The van der Waals surface area contributed by atoms with Gasteiger partial charge in [0.05, 0.1) is 0 Å². The highest BCUT2D eigenvalue weighted by molar-refractivity contribution is 7.88. The van der Waals surface area contributed by atoms with Gasteiger partial charge in [-0.15, -0.1) is 0 Å². The van der Waals surface area contributed by atoms with E-state index >= 15 is 0 Å². The zero-order chi connectivity index (χ0) is 11.9. The Balaban J connectivity index is 4.67. The maximum atomic E-state index is 11.7. The second kappa shape index (κ2) is 6.76. The average molecular weight is 233 g/mol. The smallest absolute Gasteiger partial charge is 0.238 e. The molecule has 4 nitrogen and oxygen atoms in total. The van der Waals surface area contributed by atoms with E-state index in [1.807, 2.05) is 13.0 Å². The van der Waals surface area contributed by atoms with E-state index in [1.165, 1.54) is 11.4 Å². The molecule has 0 rings (SSSR count). The molecule has 5 heteroatoms. The molecule has 0 saturated carbocycles. The molecule has 0 spiro atoms. The quantitative estimate of drug-likeness (QED) is 0.624. The van der Waals surface area contributed by atoms with Crippen LogP contribution in [0.4, 0.5) is 0 Å². The second-order valence-corrected chi connectivity index (χ2v) is 5.25. The summed E-state index contributed by atoms with van der Waals surface area (Å²) in [5.41, 5.74) is 0.805. The van der Waals surface area contributed by atoms with Crippen molar-refractivity contribution >= 4 is 10.0 Å². The minimum absolute atomic E-state index is 0.294. The maximum Gasteiger partial charge on any atom is 0.238 e. The number of rotatable bonds is 7. The lowest BCUT2D eigenvalue weighted by atomic mass is 10.3. The van der Waals surface area contributed by atoms with Crippen LogP contribution >= 0.6 is 0 Å². The second-order valence-electron chi connectivity index (χ2n) is 3.34. The summed E-state index contributed by atoms with van der Waals surface area (Å²) in [5, 5.41) is 0. The first-order valence-corrected chi connectivity index (χ1v) is 6.27. The summed E-state index contributed by atoms with van der Waals surface area (Å²) in [6, 6.07) is 0. The molecule has 0 aliphatic heterocycles. The molecule has 0 aromatic heterocycles. The van der Waals surface area contributed by atoms with E-state index in [-0.39, 0.29) is 5.94 Å². The van der Waals surface area contributed by atoms with E-state index in [0.717, 1.165) is 5.57 Å². The number of nitrogens with zero attached hydrogens (tertiary/aromatic N) is 1. The van der Waals surface area contributed by atoms with Crippen LogP contribution in [0.3, 0.4) is 0 Å². The minimum Gasteiger partial charge on any atom is -0.367 e. The molecule has 0 heterocycles. The fourth-order valence-corrected chi connectivity index (χ4v) is 2.20. The summed E-state index contributed by atoms with van der Waals surface area (Å²) in [4.78, 5) is 0. The van der Waals surface area contributed by atoms with Crippen molar-refractivity contribution < 1.29 is 13.2 Å². The average Bonchev–Trinajstić information content (AvgIpc) is 2.11. The molecule has 0 amide bonds. The first-order chi connectivity index (χ1) is 6.94. The van der Waals surface area contributed by atoms with Gasteiger partial charge >= 0.3 is 0 Å². The maximum absolute atomic E-state index is 11.7. The Morgan fingerprint density at radius 3 is 2.53 bits per heavy atom. The molecule has 0 radical (unpaired) electrons. The molecule has 0 fully saturated rings. The molecule has 0 aromatic rings. The van der Waals surface area contributed by atoms with Crippen LogP contribution < -0.4 is 0 Å². The van der Waals surface area contributed by atoms with Gasteiger partial charge in [-0.25, -0.2) is 8.42 Å². The lowest BCUT2D eigenvalue weighted by molar-refractivity contribution is 0.242. The van der Waals surface area contributed by atoms with E-state index < -0.39 is 10.0 Å². The molecule has 0 unspecified atom stereocenters. The number of hydrogen-bond donors (Lipinski definition) is 0. The molecular formula is C10H19NO3S. The lowest BCUT2D eigenvalue weighted by Crippen LogP contribution is -2.34. The molecule has 0 aliphatic carbocycles. The van der Waals surface area contributed by atoms with Crippen molar-refractivity contribution in [3.63, 3.8) is 0 Å². The number of sulfonamides is 1. The van der Waals surface area contributed by atoms with Gasteiger partial charge in [0, 0.05) is 20.2 Å². The van der Waals surface area contributed by atoms with E-state index in [4.69, 9.17) is 0 Å². The van der Waals surface area contributed by atoms with Gasteiger partial charge in [-0.1, -0.05) is 24.3 Å². The third-order valence-corrected chi connectivity index (χ3v) is 3.25. The van der Waals surface area contributed by atoms with Crippen LogP contribution in [0.1, 0.15) is 13.8 Å². The third kappa shape index (κ3) is 5.71. The molecule has 0 bridgehead atoms. The van der Waals surface area contributed by atoms with Gasteiger partial charge in [0.2, 0.25) is 10.0 Å². The van der Waals surface area contributed by atoms with Crippen molar-refractivity contribution in [1.82, 2.24) is 4.31 Å². The highest BCUT2D eigenvalue weighted by Crippen LogP contribution is 2.05. The van der Waals surface area contributed by atoms with Gasteiger partial charge < -0.3 is 4.74 Å². The summed E-state index contributed by atoms with van der Waals surface area (Å²) >= 11 is 0. The Kier molecular flexibility index (Phi) is 6.47. The molecule has 0 N–H and O–H groups in total. The summed E-state index contributed by atoms with van der Waals surface area (Å²) < 4.78 is 29.4. The summed E-state index contributed by atoms with van der Waals surface area (Å²) in [5.74, 6) is -0.294. The Hall–Kier alpha value is -0.650. The van der Waals surface area contributed by atoms with Crippen LogP contribution in [0.2, 0.25) is 0 Å². The van der Waals surface area contributed by atoms with Crippen molar-refractivity contribution in [3.8, 4) is 0 Å². The van der Waals surface area contributed by atoms with Crippen LogP contribution in [0, 0.1) is 0 Å². The molecule has 15 heavy (non-hydrogen) atoms. The molecular weight excluding hydrogens is 214 g/mol. The number of ether oxygens (including phenoxy) is 1. The Bertz CT molecular complexity index is 320. The summed E-state index contributed by atoms with van der Waals surface area (Å²) in [6.45, 7) is 8.04. The van der Waals surface area contributed by atoms with Crippen LogP contribution in [0.25, 0.3) is 0 Å². The summed E-state index contributed by atoms with van der Waals surface area (Å²) in [6.07, 6.45) is 3.60. The van der Waals surface area contributed by atoms with Gasteiger partial charge in [-0.05, 0) is 13.8 Å². The van der Waals surface area contributed by atoms with E-state index in [9.17, 15) is 8.42 Å². The Labute approximate surface area is 92.3 Å². The number of methoxy groups -OCH3 is 1. The standard InChI is InChI=1S/C10H19NO3S/c1-5-6-7-11(8-10(2)3)15(12,13)9-14-4/h5-6H,2,7-9H2,1,3-4H3/b6-5+.